The van der Waals surface area contributed by atoms with Crippen molar-refractivity contribution in [3.05, 3.63) is 45.8 Å². The topological polar surface area (TPSA) is 71.1 Å². The van der Waals surface area contributed by atoms with E-state index < -0.39 is 0 Å². The van der Waals surface area contributed by atoms with Gasteiger partial charge in [-0.2, -0.15) is 0 Å². The number of esters is 1. The Hall–Kier alpha value is -2.42. The first-order chi connectivity index (χ1) is 15.6. The number of amides is 1. The molecule has 2 aromatic rings. The lowest BCUT2D eigenvalue weighted by molar-refractivity contribution is -0.117. The molecular formula is C24H31N3O4S. The van der Waals surface area contributed by atoms with Gasteiger partial charge < -0.3 is 14.8 Å². The Bertz CT molecular complexity index is 966. The van der Waals surface area contributed by atoms with Gasteiger partial charge in [-0.25, -0.2) is 4.79 Å². The monoisotopic (exact) mass is 457 g/mol. The standard InChI is InChI=1S/C24H31N3O4S/c1-30-18-7-5-6-17(14-18)15-26-10-12-27(13-11-26)16-21(28)25-23-22(24(29)31-2)19-8-3-4-9-20(19)32-23/h5-7,14H,3-4,8-13,15-16H2,1-2H3,(H,25,28). The summed E-state index contributed by atoms with van der Waals surface area (Å²) < 4.78 is 10.3. The fraction of sp³-hybridized carbons (Fsp3) is 0.500. The van der Waals surface area contributed by atoms with Crippen molar-refractivity contribution in [2.45, 2.75) is 32.2 Å². The second-order valence-electron chi connectivity index (χ2n) is 8.36. The highest BCUT2D eigenvalue weighted by atomic mass is 32.1. The maximum Gasteiger partial charge on any atom is 0.341 e. The smallest absolute Gasteiger partial charge is 0.341 e. The molecule has 0 radical (unpaired) electrons. The van der Waals surface area contributed by atoms with E-state index in [9.17, 15) is 9.59 Å². The summed E-state index contributed by atoms with van der Waals surface area (Å²) in [6.45, 7) is 4.69. The molecule has 7 nitrogen and oxygen atoms in total. The fourth-order valence-corrected chi connectivity index (χ4v) is 5.77. The molecule has 1 aromatic heterocycles. The molecule has 32 heavy (non-hydrogen) atoms. The van der Waals surface area contributed by atoms with E-state index >= 15 is 0 Å². The second kappa shape index (κ2) is 10.5. The Kier molecular flexibility index (Phi) is 7.44. The number of rotatable bonds is 7. The van der Waals surface area contributed by atoms with E-state index in [0.29, 0.717) is 17.1 Å². The van der Waals surface area contributed by atoms with Crippen LogP contribution in [0.15, 0.2) is 24.3 Å². The molecule has 0 atom stereocenters. The zero-order valence-corrected chi connectivity index (χ0v) is 19.6. The summed E-state index contributed by atoms with van der Waals surface area (Å²) in [5.74, 6) is 0.445. The minimum absolute atomic E-state index is 0.0741. The van der Waals surface area contributed by atoms with Gasteiger partial charge in [0.25, 0.3) is 0 Å². The van der Waals surface area contributed by atoms with Crippen molar-refractivity contribution in [1.82, 2.24) is 9.80 Å². The molecule has 1 aliphatic heterocycles. The van der Waals surface area contributed by atoms with E-state index in [-0.39, 0.29) is 11.9 Å². The normalized spacial score (nSPS) is 16.9. The quantitative estimate of drug-likeness (QED) is 0.644. The maximum atomic E-state index is 12.8. The number of nitrogens with zero attached hydrogens (tertiary/aromatic N) is 2. The number of methoxy groups -OCH3 is 2. The zero-order valence-electron chi connectivity index (χ0n) is 18.8. The average Bonchev–Trinajstić information content (AvgIpc) is 3.17. The van der Waals surface area contributed by atoms with Crippen LogP contribution in [0.5, 0.6) is 5.75 Å². The Balaban J connectivity index is 1.31. The molecule has 1 N–H and O–H groups in total. The van der Waals surface area contributed by atoms with E-state index in [1.54, 1.807) is 7.11 Å². The lowest BCUT2D eigenvalue weighted by Crippen LogP contribution is -2.48. The number of carbonyl (C=O) groups excluding carboxylic acids is 2. The van der Waals surface area contributed by atoms with E-state index in [2.05, 4.69) is 27.2 Å². The first kappa shape index (κ1) is 22.8. The summed E-state index contributed by atoms with van der Waals surface area (Å²) in [5, 5.41) is 3.65. The maximum absolute atomic E-state index is 12.8. The van der Waals surface area contributed by atoms with Gasteiger partial charge in [0.1, 0.15) is 10.8 Å². The molecule has 1 saturated heterocycles. The molecule has 8 heteroatoms. The number of fused-ring (bicyclic) bond motifs is 1. The van der Waals surface area contributed by atoms with Gasteiger partial charge in [0.15, 0.2) is 0 Å². The molecule has 1 aromatic carbocycles. The molecule has 1 amide bonds. The van der Waals surface area contributed by atoms with Gasteiger partial charge in [-0.3, -0.25) is 14.6 Å². The van der Waals surface area contributed by atoms with Crippen LogP contribution >= 0.6 is 11.3 Å². The third-order valence-corrected chi connectivity index (χ3v) is 7.39. The molecule has 0 spiro atoms. The third-order valence-electron chi connectivity index (χ3n) is 6.19. The van der Waals surface area contributed by atoms with Gasteiger partial charge >= 0.3 is 5.97 Å². The number of carbonyl (C=O) groups is 2. The number of hydrogen-bond donors (Lipinski definition) is 1. The first-order valence-corrected chi connectivity index (χ1v) is 12.0. The van der Waals surface area contributed by atoms with Gasteiger partial charge in [-0.15, -0.1) is 11.3 Å². The number of benzene rings is 1. The van der Waals surface area contributed by atoms with Crippen molar-refractivity contribution in [2.24, 2.45) is 0 Å². The summed E-state index contributed by atoms with van der Waals surface area (Å²) in [4.78, 5) is 30.9. The van der Waals surface area contributed by atoms with Crippen LogP contribution in [0.1, 0.15) is 39.2 Å². The number of ether oxygens (including phenoxy) is 2. The van der Waals surface area contributed by atoms with Crippen molar-refractivity contribution in [2.75, 3.05) is 52.3 Å². The number of hydrogen-bond acceptors (Lipinski definition) is 7. The van der Waals surface area contributed by atoms with Gasteiger partial charge in [-0.05, 0) is 48.9 Å². The molecule has 1 fully saturated rings. The van der Waals surface area contributed by atoms with Crippen molar-refractivity contribution in [3.8, 4) is 5.75 Å². The molecule has 2 heterocycles. The fourth-order valence-electron chi connectivity index (χ4n) is 4.48. The van der Waals surface area contributed by atoms with E-state index in [1.165, 1.54) is 28.9 Å². The van der Waals surface area contributed by atoms with E-state index in [0.717, 1.165) is 69.7 Å². The molecule has 2 aliphatic rings. The largest absolute Gasteiger partial charge is 0.497 e. The van der Waals surface area contributed by atoms with Gasteiger partial charge in [0.05, 0.1) is 26.3 Å². The Morgan fingerprint density at radius 2 is 1.81 bits per heavy atom. The van der Waals surface area contributed by atoms with Gasteiger partial charge in [0, 0.05) is 37.6 Å². The van der Waals surface area contributed by atoms with Gasteiger partial charge in [0.2, 0.25) is 5.91 Å². The number of piperazine rings is 1. The Morgan fingerprint density at radius 1 is 1.06 bits per heavy atom. The highest BCUT2D eigenvalue weighted by Gasteiger charge is 2.27. The predicted molar refractivity (Wildman–Crippen MR) is 126 cm³/mol. The number of aryl methyl sites for hydroxylation is 1. The van der Waals surface area contributed by atoms with Gasteiger partial charge in [-0.1, -0.05) is 12.1 Å². The van der Waals surface area contributed by atoms with Crippen LogP contribution in [0.3, 0.4) is 0 Å². The molecule has 0 saturated carbocycles. The highest BCUT2D eigenvalue weighted by molar-refractivity contribution is 7.17. The van der Waals surface area contributed by atoms with E-state index in [1.807, 2.05) is 12.1 Å². The lowest BCUT2D eigenvalue weighted by Gasteiger charge is -2.34. The van der Waals surface area contributed by atoms with Crippen LogP contribution in [0.2, 0.25) is 0 Å². The SMILES string of the molecule is COC(=O)c1c(NC(=O)CN2CCN(Cc3cccc(OC)c3)CC2)sc2c1CCCC2. The molecule has 0 unspecified atom stereocenters. The van der Waals surface area contributed by atoms with Crippen LogP contribution in [0.25, 0.3) is 0 Å². The lowest BCUT2D eigenvalue weighted by atomic mass is 9.95. The van der Waals surface area contributed by atoms with Crippen molar-refractivity contribution < 1.29 is 19.1 Å². The van der Waals surface area contributed by atoms with Crippen LogP contribution in [0, 0.1) is 0 Å². The Labute approximate surface area is 193 Å². The second-order valence-corrected chi connectivity index (χ2v) is 9.46. The van der Waals surface area contributed by atoms with Crippen LogP contribution in [0.4, 0.5) is 5.00 Å². The predicted octanol–water partition coefficient (Wildman–Crippen LogP) is 3.18. The summed E-state index contributed by atoms with van der Waals surface area (Å²) in [6, 6.07) is 8.15. The molecule has 172 valence electrons. The molecular weight excluding hydrogens is 426 g/mol. The molecule has 1 aliphatic carbocycles. The minimum Gasteiger partial charge on any atom is -0.497 e. The van der Waals surface area contributed by atoms with Crippen LogP contribution in [-0.2, 0) is 28.9 Å². The van der Waals surface area contributed by atoms with Crippen molar-refractivity contribution in [3.63, 3.8) is 0 Å². The van der Waals surface area contributed by atoms with Crippen LogP contribution < -0.4 is 10.1 Å². The third kappa shape index (κ3) is 5.31. The molecule has 0 bridgehead atoms. The zero-order chi connectivity index (χ0) is 22.5. The summed E-state index contributed by atoms with van der Waals surface area (Å²) >= 11 is 1.53. The average molecular weight is 458 g/mol. The highest BCUT2D eigenvalue weighted by Crippen LogP contribution is 2.38. The van der Waals surface area contributed by atoms with E-state index in [4.69, 9.17) is 9.47 Å². The Morgan fingerprint density at radius 3 is 2.56 bits per heavy atom. The number of anilines is 1. The number of nitrogens with one attached hydrogen (secondary N) is 1. The van der Waals surface area contributed by atoms with Crippen LogP contribution in [-0.4, -0.2) is 68.6 Å². The van der Waals surface area contributed by atoms with Crippen molar-refractivity contribution >= 4 is 28.2 Å². The molecule has 4 rings (SSSR count). The first-order valence-electron chi connectivity index (χ1n) is 11.2. The summed E-state index contributed by atoms with van der Waals surface area (Å²) in [6.07, 6.45) is 4.04. The summed E-state index contributed by atoms with van der Waals surface area (Å²) in [7, 11) is 3.08. The minimum atomic E-state index is -0.356. The van der Waals surface area contributed by atoms with Crippen molar-refractivity contribution in [1.29, 1.82) is 0 Å². The summed E-state index contributed by atoms with van der Waals surface area (Å²) in [5.41, 5.74) is 2.85. The number of thiophene rings is 1.